The summed E-state index contributed by atoms with van der Waals surface area (Å²) in [4.78, 5) is 54.1. The Morgan fingerprint density at radius 2 is 1.26 bits per heavy atom. The van der Waals surface area contributed by atoms with Gasteiger partial charge in [-0.1, -0.05) is 92.5 Å². The first kappa shape index (κ1) is 25.2. The summed E-state index contributed by atoms with van der Waals surface area (Å²) in [5.41, 5.74) is 6.13. The Balaban J connectivity index is 1.28. The number of Topliss-reactive ketones (excluding diaryl/α,β-unsaturated/α-hetero) is 1. The average molecular weight is 637 g/mol. The standard InChI is InChI=1S/C30H23Br2NO5/c1-16-11-12-18(13-17(16)2)23(34)15-38-24(35)14-33-27(36)25-26(28(33)37)30(32)20-8-4-3-7-19(20)29(25,31)21-9-5-6-10-22(21)30/h3-13,25-26H,14-15H2,1-2H3/t25-,26-,29?,30?/m1/s1. The summed E-state index contributed by atoms with van der Waals surface area (Å²) in [5.74, 6) is -3.56. The number of carbonyl (C=O) groups is 4. The van der Waals surface area contributed by atoms with Gasteiger partial charge in [0, 0.05) is 5.56 Å². The van der Waals surface area contributed by atoms with E-state index in [1.807, 2.05) is 68.4 Å². The molecule has 2 atom stereocenters. The normalized spacial score (nSPS) is 26.6. The molecule has 8 heteroatoms. The van der Waals surface area contributed by atoms with Crippen molar-refractivity contribution in [3.63, 3.8) is 0 Å². The molecular formula is C30H23Br2NO5. The Morgan fingerprint density at radius 3 is 1.71 bits per heavy atom. The fourth-order valence-electron chi connectivity index (χ4n) is 6.20. The van der Waals surface area contributed by atoms with E-state index in [4.69, 9.17) is 4.74 Å². The first-order chi connectivity index (χ1) is 18.1. The van der Waals surface area contributed by atoms with Crippen LogP contribution in [0.5, 0.6) is 0 Å². The Kier molecular flexibility index (Phi) is 5.78. The smallest absolute Gasteiger partial charge is 0.326 e. The zero-order valence-corrected chi connectivity index (χ0v) is 23.8. The molecule has 1 saturated heterocycles. The van der Waals surface area contributed by atoms with E-state index in [0.717, 1.165) is 38.3 Å². The summed E-state index contributed by atoms with van der Waals surface area (Å²) >= 11 is 7.86. The van der Waals surface area contributed by atoms with Crippen LogP contribution in [-0.4, -0.2) is 41.6 Å². The number of likely N-dealkylation sites (tertiary alicyclic amines) is 1. The molecule has 1 fully saturated rings. The Morgan fingerprint density at radius 1 is 0.789 bits per heavy atom. The van der Waals surface area contributed by atoms with E-state index >= 15 is 0 Å². The van der Waals surface area contributed by atoms with Crippen LogP contribution in [0, 0.1) is 25.7 Å². The minimum absolute atomic E-state index is 0.350. The first-order valence-corrected chi connectivity index (χ1v) is 13.9. The Hall–Kier alpha value is -3.10. The maximum absolute atomic E-state index is 13.9. The van der Waals surface area contributed by atoms with E-state index in [-0.39, 0.29) is 5.78 Å². The first-order valence-electron chi connectivity index (χ1n) is 12.3. The van der Waals surface area contributed by atoms with Crippen molar-refractivity contribution in [2.24, 2.45) is 11.8 Å². The number of imide groups is 1. The van der Waals surface area contributed by atoms with Crippen LogP contribution < -0.4 is 0 Å². The van der Waals surface area contributed by atoms with E-state index in [1.165, 1.54) is 0 Å². The van der Waals surface area contributed by atoms with E-state index in [9.17, 15) is 19.2 Å². The lowest BCUT2D eigenvalue weighted by Crippen LogP contribution is -2.56. The lowest BCUT2D eigenvalue weighted by molar-refractivity contribution is -0.152. The number of carbonyl (C=O) groups excluding carboxylic acids is 4. The number of halogens is 2. The molecule has 7 rings (SSSR count). The van der Waals surface area contributed by atoms with Crippen LogP contribution in [-0.2, 0) is 27.8 Å². The topological polar surface area (TPSA) is 80.8 Å². The number of benzene rings is 3. The average Bonchev–Trinajstić information content (AvgIpc) is 3.18. The summed E-state index contributed by atoms with van der Waals surface area (Å²) < 4.78 is 3.37. The zero-order valence-electron chi connectivity index (χ0n) is 20.7. The molecule has 0 saturated carbocycles. The third-order valence-corrected chi connectivity index (χ3v) is 10.9. The molecular weight excluding hydrogens is 614 g/mol. The van der Waals surface area contributed by atoms with Gasteiger partial charge in [-0.2, -0.15) is 0 Å². The molecule has 0 N–H and O–H groups in total. The van der Waals surface area contributed by atoms with Crippen LogP contribution >= 0.6 is 31.9 Å². The van der Waals surface area contributed by atoms with Gasteiger partial charge in [0.2, 0.25) is 11.8 Å². The van der Waals surface area contributed by atoms with Gasteiger partial charge in [0.1, 0.15) is 6.54 Å². The second kappa shape index (κ2) is 8.71. The predicted molar refractivity (Wildman–Crippen MR) is 147 cm³/mol. The van der Waals surface area contributed by atoms with Gasteiger partial charge in [-0.3, -0.25) is 24.1 Å². The highest BCUT2D eigenvalue weighted by atomic mass is 79.9. The van der Waals surface area contributed by atoms with Crippen LogP contribution in [0.3, 0.4) is 0 Å². The van der Waals surface area contributed by atoms with Crippen LogP contribution in [0.25, 0.3) is 0 Å². The van der Waals surface area contributed by atoms with Crippen molar-refractivity contribution >= 4 is 55.4 Å². The maximum atomic E-state index is 13.9. The molecule has 3 aromatic rings. The number of alkyl halides is 2. The second-order valence-corrected chi connectivity index (χ2v) is 12.6. The van der Waals surface area contributed by atoms with Crippen LogP contribution in [0.15, 0.2) is 66.7 Å². The lowest BCUT2D eigenvalue weighted by Gasteiger charge is -2.55. The highest BCUT2D eigenvalue weighted by Gasteiger charge is 2.72. The van der Waals surface area contributed by atoms with Gasteiger partial charge in [0.05, 0.1) is 20.5 Å². The van der Waals surface area contributed by atoms with Crippen molar-refractivity contribution in [2.45, 2.75) is 22.5 Å². The monoisotopic (exact) mass is 635 g/mol. The number of esters is 1. The van der Waals surface area contributed by atoms with E-state index in [0.29, 0.717) is 5.56 Å². The fourth-order valence-corrected chi connectivity index (χ4v) is 8.50. The van der Waals surface area contributed by atoms with Gasteiger partial charge >= 0.3 is 5.97 Å². The number of nitrogens with zero attached hydrogens (tertiary/aromatic N) is 1. The van der Waals surface area contributed by atoms with Crippen LogP contribution in [0.1, 0.15) is 43.7 Å². The third kappa shape index (κ3) is 3.29. The Labute approximate surface area is 236 Å². The largest absolute Gasteiger partial charge is 0.456 e. The summed E-state index contributed by atoms with van der Waals surface area (Å²) in [7, 11) is 0. The molecule has 0 spiro atoms. The number of amides is 2. The molecule has 0 unspecified atom stereocenters. The molecule has 2 bridgehead atoms. The van der Waals surface area contributed by atoms with Crippen molar-refractivity contribution in [1.29, 1.82) is 0 Å². The second-order valence-electron chi connectivity index (χ2n) is 10.1. The molecule has 4 aliphatic rings. The molecule has 38 heavy (non-hydrogen) atoms. The Bertz CT molecular complexity index is 1440. The summed E-state index contributed by atoms with van der Waals surface area (Å²) in [6.45, 7) is 2.83. The summed E-state index contributed by atoms with van der Waals surface area (Å²) in [5, 5.41) is 0. The number of hydrogen-bond acceptors (Lipinski definition) is 5. The van der Waals surface area contributed by atoms with E-state index in [1.54, 1.807) is 12.1 Å². The molecule has 2 amide bonds. The maximum Gasteiger partial charge on any atom is 0.326 e. The minimum Gasteiger partial charge on any atom is -0.456 e. The van der Waals surface area contributed by atoms with Gasteiger partial charge in [0.15, 0.2) is 12.4 Å². The fraction of sp³-hybridized carbons (Fsp3) is 0.267. The molecule has 6 nitrogen and oxygen atoms in total. The number of rotatable bonds is 5. The predicted octanol–water partition coefficient (Wildman–Crippen LogP) is 4.93. The zero-order chi connectivity index (χ0) is 27.0. The number of ether oxygens (including phenoxy) is 1. The quantitative estimate of drug-likeness (QED) is 0.172. The number of hydrogen-bond donors (Lipinski definition) is 0. The van der Waals surface area contributed by atoms with Crippen LogP contribution in [0.4, 0.5) is 0 Å². The highest BCUT2D eigenvalue weighted by molar-refractivity contribution is 9.10. The molecule has 1 aliphatic heterocycles. The van der Waals surface area contributed by atoms with Crippen molar-refractivity contribution in [1.82, 2.24) is 4.90 Å². The van der Waals surface area contributed by atoms with E-state index < -0.39 is 51.4 Å². The third-order valence-electron chi connectivity index (χ3n) is 8.16. The molecule has 192 valence electrons. The molecule has 0 radical (unpaired) electrons. The molecule has 3 aliphatic carbocycles. The molecule has 3 aromatic carbocycles. The minimum atomic E-state index is -0.926. The van der Waals surface area contributed by atoms with Crippen molar-refractivity contribution in [3.8, 4) is 0 Å². The lowest BCUT2D eigenvalue weighted by atomic mass is 9.54. The van der Waals surface area contributed by atoms with Gasteiger partial charge in [-0.15, -0.1) is 0 Å². The number of ketones is 1. The van der Waals surface area contributed by atoms with Gasteiger partial charge in [-0.25, -0.2) is 0 Å². The van der Waals surface area contributed by atoms with Gasteiger partial charge < -0.3 is 4.74 Å². The van der Waals surface area contributed by atoms with Gasteiger partial charge in [0.25, 0.3) is 0 Å². The van der Waals surface area contributed by atoms with Gasteiger partial charge in [-0.05, 0) is 53.3 Å². The highest BCUT2D eigenvalue weighted by Crippen LogP contribution is 2.70. The molecule has 0 aromatic heterocycles. The SMILES string of the molecule is Cc1ccc(C(=O)COC(=O)CN2C(=O)[C@H]3[C@H](C2=O)C2(Br)c4ccccc4C3(Br)c3ccccc32)cc1C. The van der Waals surface area contributed by atoms with E-state index in [2.05, 4.69) is 31.9 Å². The van der Waals surface area contributed by atoms with Crippen molar-refractivity contribution in [2.75, 3.05) is 13.2 Å². The molecule has 1 heterocycles. The van der Waals surface area contributed by atoms with Crippen LogP contribution in [0.2, 0.25) is 0 Å². The van der Waals surface area contributed by atoms with Crippen molar-refractivity contribution < 1.29 is 23.9 Å². The summed E-state index contributed by atoms with van der Waals surface area (Å²) in [6.07, 6.45) is 0. The van der Waals surface area contributed by atoms with Crippen molar-refractivity contribution in [3.05, 3.63) is 106 Å². The number of aryl methyl sites for hydroxylation is 2. The summed E-state index contributed by atoms with van der Waals surface area (Å²) in [6, 6.07) is 20.8.